The molecule has 1 aliphatic carbocycles. The number of rotatable bonds is 4. The van der Waals surface area contributed by atoms with Crippen molar-refractivity contribution >= 4 is 34.1 Å². The Morgan fingerprint density at radius 2 is 2.24 bits per heavy atom. The van der Waals surface area contributed by atoms with E-state index < -0.39 is 5.97 Å². The highest BCUT2D eigenvalue weighted by Crippen LogP contribution is 2.39. The number of methoxy groups -OCH3 is 1. The van der Waals surface area contributed by atoms with Gasteiger partial charge in [-0.1, -0.05) is 6.92 Å². The third-order valence-electron chi connectivity index (χ3n) is 4.78. The molecule has 8 heteroatoms. The second-order valence-electron chi connectivity index (χ2n) is 6.80. The molecule has 1 aliphatic heterocycles. The molecule has 1 saturated heterocycles. The lowest BCUT2D eigenvalue weighted by molar-refractivity contribution is -0.885. The second-order valence-corrected chi connectivity index (χ2v) is 7.90. The van der Waals surface area contributed by atoms with Gasteiger partial charge in [0.25, 0.3) is 11.8 Å². The first kappa shape index (κ1) is 17.9. The van der Waals surface area contributed by atoms with Crippen LogP contribution in [-0.2, 0) is 27.2 Å². The van der Waals surface area contributed by atoms with E-state index in [0.717, 1.165) is 36.3 Å². The van der Waals surface area contributed by atoms with Crippen LogP contribution < -0.4 is 15.5 Å². The molecule has 0 bridgehead atoms. The van der Waals surface area contributed by atoms with Crippen molar-refractivity contribution in [3.05, 3.63) is 16.0 Å². The SMILES string of the molecule is COC(=O)c1c(NC(=O)C[NH+]2CCNC(=O)C2)sc2c1CC[C@H](C)C2. The van der Waals surface area contributed by atoms with Crippen molar-refractivity contribution in [1.82, 2.24) is 5.32 Å². The van der Waals surface area contributed by atoms with Crippen LogP contribution in [0.2, 0.25) is 0 Å². The van der Waals surface area contributed by atoms with E-state index in [2.05, 4.69) is 17.6 Å². The quantitative estimate of drug-likeness (QED) is 0.634. The number of carbonyl (C=O) groups is 3. The molecule has 0 spiro atoms. The summed E-state index contributed by atoms with van der Waals surface area (Å²) in [7, 11) is 1.36. The van der Waals surface area contributed by atoms with Gasteiger partial charge in [-0.25, -0.2) is 4.79 Å². The lowest BCUT2D eigenvalue weighted by atomic mass is 9.88. The van der Waals surface area contributed by atoms with Gasteiger partial charge in [0.05, 0.1) is 25.8 Å². The van der Waals surface area contributed by atoms with E-state index in [1.807, 2.05) is 0 Å². The molecule has 2 atom stereocenters. The predicted molar refractivity (Wildman–Crippen MR) is 94.1 cm³/mol. The second kappa shape index (κ2) is 7.53. The summed E-state index contributed by atoms with van der Waals surface area (Å²) in [5, 5.41) is 6.22. The minimum absolute atomic E-state index is 0.0372. The summed E-state index contributed by atoms with van der Waals surface area (Å²) < 4.78 is 4.93. The summed E-state index contributed by atoms with van der Waals surface area (Å²) >= 11 is 1.48. The molecule has 0 aromatic carbocycles. The van der Waals surface area contributed by atoms with E-state index in [1.165, 1.54) is 23.3 Å². The molecule has 2 amide bonds. The number of quaternary nitrogens is 1. The molecule has 1 fully saturated rings. The van der Waals surface area contributed by atoms with Crippen LogP contribution in [-0.4, -0.2) is 51.1 Å². The predicted octanol–water partition coefficient (Wildman–Crippen LogP) is -0.387. The van der Waals surface area contributed by atoms with Crippen LogP contribution in [0.4, 0.5) is 5.00 Å². The van der Waals surface area contributed by atoms with Crippen molar-refractivity contribution in [2.75, 3.05) is 38.6 Å². The zero-order valence-corrected chi connectivity index (χ0v) is 15.4. The number of esters is 1. The van der Waals surface area contributed by atoms with E-state index in [4.69, 9.17) is 4.74 Å². The molecular formula is C17H24N3O4S+. The van der Waals surface area contributed by atoms with Crippen LogP contribution in [0.25, 0.3) is 0 Å². The van der Waals surface area contributed by atoms with Crippen molar-refractivity contribution in [3.8, 4) is 0 Å². The number of amides is 2. The summed E-state index contributed by atoms with van der Waals surface area (Å²) in [5.41, 5.74) is 1.53. The molecule has 3 N–H and O–H groups in total. The smallest absolute Gasteiger partial charge is 0.341 e. The Labute approximate surface area is 150 Å². The van der Waals surface area contributed by atoms with Crippen LogP contribution in [0.5, 0.6) is 0 Å². The number of piperazine rings is 1. The van der Waals surface area contributed by atoms with E-state index in [-0.39, 0.29) is 18.4 Å². The van der Waals surface area contributed by atoms with Gasteiger partial charge < -0.3 is 20.3 Å². The Hall–Kier alpha value is -1.93. The molecule has 0 radical (unpaired) electrons. The molecule has 0 saturated carbocycles. The van der Waals surface area contributed by atoms with E-state index >= 15 is 0 Å². The van der Waals surface area contributed by atoms with Gasteiger partial charge >= 0.3 is 5.97 Å². The fourth-order valence-corrected chi connectivity index (χ4v) is 4.88. The summed E-state index contributed by atoms with van der Waals surface area (Å²) in [6, 6.07) is 0. The maximum Gasteiger partial charge on any atom is 0.341 e. The van der Waals surface area contributed by atoms with Crippen LogP contribution >= 0.6 is 11.3 Å². The first-order chi connectivity index (χ1) is 12.0. The molecule has 136 valence electrons. The van der Waals surface area contributed by atoms with Gasteiger partial charge in [0.1, 0.15) is 5.00 Å². The zero-order valence-electron chi connectivity index (χ0n) is 14.6. The van der Waals surface area contributed by atoms with Crippen molar-refractivity contribution in [2.24, 2.45) is 5.92 Å². The number of nitrogens with one attached hydrogen (secondary N) is 3. The molecule has 2 heterocycles. The monoisotopic (exact) mass is 366 g/mol. The number of anilines is 1. The van der Waals surface area contributed by atoms with E-state index in [9.17, 15) is 14.4 Å². The number of fused-ring (bicyclic) bond motifs is 1. The average molecular weight is 366 g/mol. The van der Waals surface area contributed by atoms with Gasteiger partial charge in [0.2, 0.25) is 0 Å². The Bertz CT molecular complexity index is 700. The van der Waals surface area contributed by atoms with Gasteiger partial charge in [-0.2, -0.15) is 0 Å². The van der Waals surface area contributed by atoms with Crippen molar-refractivity contribution in [1.29, 1.82) is 0 Å². The third kappa shape index (κ3) is 4.01. The van der Waals surface area contributed by atoms with Gasteiger partial charge in [-0.05, 0) is 30.7 Å². The minimum Gasteiger partial charge on any atom is -0.465 e. The normalized spacial score (nSPS) is 22.7. The highest BCUT2D eigenvalue weighted by Gasteiger charge is 2.30. The third-order valence-corrected chi connectivity index (χ3v) is 5.95. The van der Waals surface area contributed by atoms with E-state index in [1.54, 1.807) is 0 Å². The van der Waals surface area contributed by atoms with Crippen LogP contribution in [0, 0.1) is 5.92 Å². The Morgan fingerprint density at radius 1 is 1.44 bits per heavy atom. The number of ether oxygens (including phenoxy) is 1. The molecule has 1 unspecified atom stereocenters. The average Bonchev–Trinajstić information content (AvgIpc) is 2.90. The summed E-state index contributed by atoms with van der Waals surface area (Å²) in [4.78, 5) is 38.2. The first-order valence-electron chi connectivity index (χ1n) is 8.61. The fourth-order valence-electron chi connectivity index (χ4n) is 3.46. The Morgan fingerprint density at radius 3 is 2.96 bits per heavy atom. The topological polar surface area (TPSA) is 88.9 Å². The van der Waals surface area contributed by atoms with Gasteiger partial charge in [-0.15, -0.1) is 11.3 Å². The van der Waals surface area contributed by atoms with Crippen LogP contribution in [0.1, 0.15) is 34.1 Å². The van der Waals surface area contributed by atoms with Crippen molar-refractivity contribution in [2.45, 2.75) is 26.2 Å². The fraction of sp³-hybridized carbons (Fsp3) is 0.588. The van der Waals surface area contributed by atoms with Gasteiger partial charge in [0.15, 0.2) is 13.1 Å². The Balaban J connectivity index is 1.76. The van der Waals surface area contributed by atoms with Crippen molar-refractivity contribution < 1.29 is 24.0 Å². The number of hydrogen-bond donors (Lipinski definition) is 3. The lowest BCUT2D eigenvalue weighted by Gasteiger charge is -2.22. The highest BCUT2D eigenvalue weighted by molar-refractivity contribution is 7.17. The van der Waals surface area contributed by atoms with E-state index in [0.29, 0.717) is 29.6 Å². The zero-order chi connectivity index (χ0) is 18.0. The molecule has 2 aliphatic rings. The molecule has 3 rings (SSSR count). The lowest BCUT2D eigenvalue weighted by Crippen LogP contribution is -3.16. The molecule has 7 nitrogen and oxygen atoms in total. The van der Waals surface area contributed by atoms with Crippen LogP contribution in [0.15, 0.2) is 0 Å². The standard InChI is InChI=1S/C17H23N3O4S/c1-10-3-4-11-12(7-10)25-16(15(11)17(23)24-2)19-14(22)9-20-6-5-18-13(21)8-20/h10H,3-9H2,1-2H3,(H,18,21)(H,19,22)/p+1/t10-/m0/s1. The first-order valence-corrected chi connectivity index (χ1v) is 9.42. The summed E-state index contributed by atoms with van der Waals surface area (Å²) in [5.74, 6) is -0.0325. The van der Waals surface area contributed by atoms with Gasteiger partial charge in [0, 0.05) is 4.88 Å². The molecule has 1 aromatic rings. The van der Waals surface area contributed by atoms with Crippen LogP contribution in [0.3, 0.4) is 0 Å². The molecule has 1 aromatic heterocycles. The molecular weight excluding hydrogens is 342 g/mol. The number of thiophene rings is 1. The number of hydrogen-bond acceptors (Lipinski definition) is 5. The Kier molecular flexibility index (Phi) is 5.39. The maximum absolute atomic E-state index is 12.4. The largest absolute Gasteiger partial charge is 0.465 e. The maximum atomic E-state index is 12.4. The van der Waals surface area contributed by atoms with Gasteiger partial charge in [-0.3, -0.25) is 9.59 Å². The highest BCUT2D eigenvalue weighted by atomic mass is 32.1. The molecule has 25 heavy (non-hydrogen) atoms. The summed E-state index contributed by atoms with van der Waals surface area (Å²) in [6.07, 6.45) is 2.80. The minimum atomic E-state index is -0.396. The number of carbonyl (C=O) groups excluding carboxylic acids is 3. The summed E-state index contributed by atoms with van der Waals surface area (Å²) in [6.45, 7) is 4.02. The van der Waals surface area contributed by atoms with Crippen molar-refractivity contribution in [3.63, 3.8) is 0 Å².